The molecular weight excluding hydrogens is 611 g/mol. The number of nitrogens with zero attached hydrogens (tertiary/aromatic N) is 1. The molecular formula is C47H35NS. The summed E-state index contributed by atoms with van der Waals surface area (Å²) in [7, 11) is 0. The third-order valence-corrected chi connectivity index (χ3v) is 11.3. The van der Waals surface area contributed by atoms with E-state index in [1.54, 1.807) is 0 Å². The molecule has 0 spiro atoms. The predicted octanol–water partition coefficient (Wildman–Crippen LogP) is 13.7. The molecule has 0 N–H and O–H groups in total. The Hall–Kier alpha value is -5.70. The third kappa shape index (κ3) is 5.17. The van der Waals surface area contributed by atoms with Crippen LogP contribution in [0.4, 0.5) is 17.1 Å². The van der Waals surface area contributed by atoms with Gasteiger partial charge in [0.25, 0.3) is 0 Å². The second kappa shape index (κ2) is 11.8. The Kier molecular flexibility index (Phi) is 7.07. The minimum atomic E-state index is -0.0424. The molecule has 234 valence electrons. The Morgan fingerprint density at radius 3 is 1.61 bits per heavy atom. The number of benzene rings is 7. The Bertz CT molecular complexity index is 2480. The van der Waals surface area contributed by atoms with Crippen molar-refractivity contribution in [2.45, 2.75) is 19.3 Å². The molecule has 1 aromatic heterocycles. The second-order valence-corrected chi connectivity index (χ2v) is 14.5. The first kappa shape index (κ1) is 29.4. The maximum absolute atomic E-state index is 2.36. The van der Waals surface area contributed by atoms with E-state index >= 15 is 0 Å². The van der Waals surface area contributed by atoms with Crippen LogP contribution in [0.1, 0.15) is 30.5 Å². The Morgan fingerprint density at radius 2 is 0.939 bits per heavy atom. The molecule has 1 aliphatic carbocycles. The van der Waals surface area contributed by atoms with Crippen molar-refractivity contribution in [3.63, 3.8) is 0 Å². The summed E-state index contributed by atoms with van der Waals surface area (Å²) < 4.78 is 2.66. The molecule has 7 aromatic carbocycles. The summed E-state index contributed by atoms with van der Waals surface area (Å²) in [5.74, 6) is 0. The quantitative estimate of drug-likeness (QED) is 0.174. The summed E-state index contributed by atoms with van der Waals surface area (Å²) in [5, 5.41) is 2.65. The van der Waals surface area contributed by atoms with Gasteiger partial charge in [-0.05, 0) is 105 Å². The average Bonchev–Trinajstić information content (AvgIpc) is 3.66. The number of rotatable bonds is 6. The van der Waals surface area contributed by atoms with Gasteiger partial charge in [-0.3, -0.25) is 0 Å². The molecule has 1 aliphatic rings. The lowest BCUT2D eigenvalue weighted by atomic mass is 9.78. The van der Waals surface area contributed by atoms with E-state index < -0.39 is 0 Å². The predicted molar refractivity (Wildman–Crippen MR) is 212 cm³/mol. The van der Waals surface area contributed by atoms with E-state index in [0.717, 1.165) is 17.1 Å². The summed E-state index contributed by atoms with van der Waals surface area (Å²) in [5.41, 5.74) is 13.5. The molecule has 9 rings (SSSR count). The van der Waals surface area contributed by atoms with Crippen molar-refractivity contribution in [3.8, 4) is 22.3 Å². The van der Waals surface area contributed by atoms with E-state index in [-0.39, 0.29) is 5.41 Å². The fourth-order valence-electron chi connectivity index (χ4n) is 7.50. The molecule has 0 fully saturated rings. The average molecular weight is 646 g/mol. The molecule has 0 saturated heterocycles. The summed E-state index contributed by atoms with van der Waals surface area (Å²) in [4.78, 5) is 2.36. The van der Waals surface area contributed by atoms with Gasteiger partial charge in [-0.1, -0.05) is 129 Å². The summed E-state index contributed by atoms with van der Waals surface area (Å²) in [6.45, 7) is 4.67. The zero-order valence-corrected chi connectivity index (χ0v) is 28.4. The van der Waals surface area contributed by atoms with Crippen molar-refractivity contribution in [2.75, 3.05) is 4.90 Å². The van der Waals surface area contributed by atoms with Gasteiger partial charge in [0.1, 0.15) is 0 Å². The molecule has 0 atom stereocenters. The number of hydrogen-bond acceptors (Lipinski definition) is 2. The highest BCUT2D eigenvalue weighted by molar-refractivity contribution is 7.25. The molecule has 0 aliphatic heterocycles. The Labute approximate surface area is 292 Å². The highest BCUT2D eigenvalue weighted by atomic mass is 32.1. The van der Waals surface area contributed by atoms with Gasteiger partial charge in [-0.2, -0.15) is 0 Å². The molecule has 1 heterocycles. The smallest absolute Gasteiger partial charge is 0.0462 e. The molecule has 0 bridgehead atoms. The van der Waals surface area contributed by atoms with Crippen LogP contribution in [0.25, 0.3) is 54.1 Å². The first-order valence-electron chi connectivity index (χ1n) is 16.9. The normalized spacial score (nSPS) is 13.4. The van der Waals surface area contributed by atoms with Crippen LogP contribution in [0.2, 0.25) is 0 Å². The lowest BCUT2D eigenvalue weighted by Gasteiger charge is -2.28. The first-order chi connectivity index (χ1) is 24.0. The van der Waals surface area contributed by atoms with Gasteiger partial charge in [0.2, 0.25) is 0 Å². The molecule has 0 amide bonds. The molecule has 49 heavy (non-hydrogen) atoms. The topological polar surface area (TPSA) is 3.24 Å². The second-order valence-electron chi connectivity index (χ2n) is 13.4. The van der Waals surface area contributed by atoms with Gasteiger partial charge in [0.15, 0.2) is 0 Å². The van der Waals surface area contributed by atoms with Crippen LogP contribution in [-0.2, 0) is 5.41 Å². The van der Waals surface area contributed by atoms with E-state index in [0.29, 0.717) is 0 Å². The van der Waals surface area contributed by atoms with Crippen LogP contribution < -0.4 is 4.90 Å². The SMILES string of the molecule is CC1(C)C(c2ccc(N(c3ccc(-c4ccccc4)cc3)c3ccc(-c4ccc5sc6ccccc6c5c4)cc3)cc2)=Cc2ccccc21. The molecule has 8 aromatic rings. The van der Waals surface area contributed by atoms with Crippen molar-refractivity contribution >= 4 is 60.2 Å². The Morgan fingerprint density at radius 1 is 0.429 bits per heavy atom. The van der Waals surface area contributed by atoms with E-state index in [4.69, 9.17) is 0 Å². The highest BCUT2D eigenvalue weighted by Gasteiger charge is 2.33. The first-order valence-corrected chi connectivity index (χ1v) is 17.7. The van der Waals surface area contributed by atoms with Crippen molar-refractivity contribution in [1.29, 1.82) is 0 Å². The fourth-order valence-corrected chi connectivity index (χ4v) is 8.58. The van der Waals surface area contributed by atoms with Crippen molar-refractivity contribution in [3.05, 3.63) is 187 Å². The minimum Gasteiger partial charge on any atom is -0.311 e. The summed E-state index contributed by atoms with van der Waals surface area (Å²) >= 11 is 1.86. The molecule has 0 unspecified atom stereocenters. The number of allylic oxidation sites excluding steroid dienone is 1. The van der Waals surface area contributed by atoms with Crippen molar-refractivity contribution in [1.82, 2.24) is 0 Å². The van der Waals surface area contributed by atoms with Crippen LogP contribution in [0.3, 0.4) is 0 Å². The lowest BCUT2D eigenvalue weighted by Crippen LogP contribution is -2.16. The minimum absolute atomic E-state index is 0.0424. The van der Waals surface area contributed by atoms with Gasteiger partial charge in [-0.15, -0.1) is 11.3 Å². The lowest BCUT2D eigenvalue weighted by molar-refractivity contribution is 0.704. The van der Waals surface area contributed by atoms with Gasteiger partial charge in [0.05, 0.1) is 0 Å². The van der Waals surface area contributed by atoms with Crippen LogP contribution in [0.15, 0.2) is 170 Å². The molecule has 0 saturated carbocycles. The standard InChI is InChI=1S/C47H35NS/c1-47(2)43-14-8-6-12-37(43)31-44(47)35-20-27-40(28-21-35)48(38-23-16-33(17-24-38)32-10-4-3-5-11-32)39-25-18-34(19-26-39)36-22-29-46-42(30-36)41-13-7-9-15-45(41)49-46/h3-31H,1-2H3. The third-order valence-electron chi connectivity index (χ3n) is 10.1. The zero-order chi connectivity index (χ0) is 33.0. The maximum atomic E-state index is 2.36. The van der Waals surface area contributed by atoms with Gasteiger partial charge in [-0.25, -0.2) is 0 Å². The molecule has 1 nitrogen and oxygen atoms in total. The van der Waals surface area contributed by atoms with E-state index in [1.807, 2.05) is 11.3 Å². The number of anilines is 3. The Balaban J connectivity index is 1.09. The highest BCUT2D eigenvalue weighted by Crippen LogP contribution is 2.47. The fraction of sp³-hybridized carbons (Fsp3) is 0.0638. The van der Waals surface area contributed by atoms with E-state index in [9.17, 15) is 0 Å². The van der Waals surface area contributed by atoms with Crippen LogP contribution in [0, 0.1) is 0 Å². The van der Waals surface area contributed by atoms with Gasteiger partial charge >= 0.3 is 0 Å². The summed E-state index contributed by atoms with van der Waals surface area (Å²) in [6, 6.07) is 62.0. The summed E-state index contributed by atoms with van der Waals surface area (Å²) in [6.07, 6.45) is 2.36. The van der Waals surface area contributed by atoms with Crippen molar-refractivity contribution in [2.24, 2.45) is 0 Å². The largest absolute Gasteiger partial charge is 0.311 e. The van der Waals surface area contributed by atoms with Crippen molar-refractivity contribution < 1.29 is 0 Å². The van der Waals surface area contributed by atoms with E-state index in [1.165, 1.54) is 64.7 Å². The van der Waals surface area contributed by atoms with Crippen LogP contribution >= 0.6 is 11.3 Å². The van der Waals surface area contributed by atoms with Crippen LogP contribution in [-0.4, -0.2) is 0 Å². The van der Waals surface area contributed by atoms with E-state index in [2.05, 4.69) is 195 Å². The van der Waals surface area contributed by atoms with Crippen LogP contribution in [0.5, 0.6) is 0 Å². The maximum Gasteiger partial charge on any atom is 0.0462 e. The van der Waals surface area contributed by atoms with Gasteiger partial charge in [0, 0.05) is 42.6 Å². The number of fused-ring (bicyclic) bond motifs is 4. The van der Waals surface area contributed by atoms with Gasteiger partial charge < -0.3 is 4.90 Å². The number of thiophene rings is 1. The zero-order valence-electron chi connectivity index (χ0n) is 27.6. The monoisotopic (exact) mass is 645 g/mol. The molecule has 0 radical (unpaired) electrons. The number of hydrogen-bond donors (Lipinski definition) is 0. The molecule has 2 heteroatoms.